The van der Waals surface area contributed by atoms with Crippen LogP contribution in [0.2, 0.25) is 0 Å². The third-order valence-electron chi connectivity index (χ3n) is 1.78. The number of nitrogens with zero attached hydrogens (tertiary/aromatic N) is 1. The molecule has 1 aromatic carbocycles. The molecule has 1 aliphatic heterocycles. The molecule has 1 heterocycles. The molecular formula is C9H5Br3N2OS. The standard InChI is InChI=1S/C9H5Br3N2OS/c10-4-1-5(11)8(6(12)2-4)14-9-13-7(15)3-16-9/h1-2H,3H2,(H,13,14,15). The van der Waals surface area contributed by atoms with Crippen LogP contribution in [0.25, 0.3) is 0 Å². The first-order valence-corrected chi connectivity index (χ1v) is 7.58. The number of hydrogen-bond acceptors (Lipinski definition) is 3. The minimum Gasteiger partial charge on any atom is -0.304 e. The highest BCUT2D eigenvalue weighted by Crippen LogP contribution is 2.37. The maximum atomic E-state index is 11.0. The highest BCUT2D eigenvalue weighted by atomic mass is 79.9. The molecule has 0 saturated carbocycles. The van der Waals surface area contributed by atoms with E-state index in [9.17, 15) is 4.79 Å². The summed E-state index contributed by atoms with van der Waals surface area (Å²) in [7, 11) is 0. The van der Waals surface area contributed by atoms with Crippen LogP contribution < -0.4 is 5.32 Å². The van der Waals surface area contributed by atoms with Crippen LogP contribution in [0.3, 0.4) is 0 Å². The van der Waals surface area contributed by atoms with E-state index in [1.165, 1.54) is 11.8 Å². The molecule has 1 aliphatic rings. The maximum Gasteiger partial charge on any atom is 0.236 e. The fraction of sp³-hybridized carbons (Fsp3) is 0.111. The zero-order chi connectivity index (χ0) is 11.7. The Labute approximate surface area is 122 Å². The van der Waals surface area contributed by atoms with Crippen LogP contribution in [-0.2, 0) is 4.79 Å². The van der Waals surface area contributed by atoms with E-state index in [0.717, 1.165) is 19.1 Å². The van der Waals surface area contributed by atoms with Gasteiger partial charge in [-0.1, -0.05) is 27.7 Å². The van der Waals surface area contributed by atoms with Crippen molar-refractivity contribution in [3.8, 4) is 0 Å². The first-order chi connectivity index (χ1) is 7.56. The first kappa shape index (κ1) is 12.6. The summed E-state index contributed by atoms with van der Waals surface area (Å²) in [6.45, 7) is 0. The highest BCUT2D eigenvalue weighted by Gasteiger charge is 2.17. The molecule has 1 fully saturated rings. The summed E-state index contributed by atoms with van der Waals surface area (Å²) in [5, 5.41) is 3.33. The summed E-state index contributed by atoms with van der Waals surface area (Å²) < 4.78 is 2.68. The number of rotatable bonds is 1. The zero-order valence-corrected chi connectivity index (χ0v) is 13.3. The van der Waals surface area contributed by atoms with Crippen LogP contribution in [0.4, 0.5) is 5.69 Å². The van der Waals surface area contributed by atoms with Crippen LogP contribution in [0, 0.1) is 0 Å². The Balaban J connectivity index is 2.38. The van der Waals surface area contributed by atoms with Gasteiger partial charge in [-0.05, 0) is 44.0 Å². The molecular weight excluding hydrogens is 424 g/mol. The number of nitrogens with one attached hydrogen (secondary N) is 1. The Bertz CT molecular complexity index is 467. The number of benzene rings is 1. The third kappa shape index (κ3) is 2.88. The van der Waals surface area contributed by atoms with Gasteiger partial charge >= 0.3 is 0 Å². The normalized spacial score (nSPS) is 17.9. The molecule has 2 rings (SSSR count). The van der Waals surface area contributed by atoms with Crippen molar-refractivity contribution in [1.29, 1.82) is 0 Å². The van der Waals surface area contributed by atoms with Crippen molar-refractivity contribution in [2.45, 2.75) is 0 Å². The molecule has 1 N–H and O–H groups in total. The lowest BCUT2D eigenvalue weighted by molar-refractivity contribution is -0.116. The van der Waals surface area contributed by atoms with Crippen molar-refractivity contribution in [3.63, 3.8) is 0 Å². The van der Waals surface area contributed by atoms with Gasteiger partial charge in [0.25, 0.3) is 0 Å². The average molecular weight is 429 g/mol. The van der Waals surface area contributed by atoms with E-state index in [1.807, 2.05) is 12.1 Å². The number of aliphatic imine (C=N–C) groups is 1. The molecule has 0 bridgehead atoms. The van der Waals surface area contributed by atoms with Gasteiger partial charge in [0.05, 0.1) is 11.4 Å². The van der Waals surface area contributed by atoms with Crippen molar-refractivity contribution in [3.05, 3.63) is 25.6 Å². The van der Waals surface area contributed by atoms with Crippen LogP contribution in [0.1, 0.15) is 0 Å². The Morgan fingerprint density at radius 2 is 1.88 bits per heavy atom. The van der Waals surface area contributed by atoms with Gasteiger partial charge in [-0.15, -0.1) is 0 Å². The average Bonchev–Trinajstić information content (AvgIpc) is 2.58. The summed E-state index contributed by atoms with van der Waals surface area (Å²) in [4.78, 5) is 15.4. The number of thioether (sulfide) groups is 1. The van der Waals surface area contributed by atoms with Gasteiger partial charge in [-0.25, -0.2) is 4.99 Å². The summed E-state index contributed by atoms with van der Waals surface area (Å²) in [6, 6.07) is 3.82. The van der Waals surface area contributed by atoms with E-state index < -0.39 is 0 Å². The molecule has 3 nitrogen and oxygen atoms in total. The van der Waals surface area contributed by atoms with Crippen molar-refractivity contribution in [1.82, 2.24) is 5.32 Å². The molecule has 0 aromatic heterocycles. The van der Waals surface area contributed by atoms with E-state index in [-0.39, 0.29) is 5.91 Å². The molecule has 7 heteroatoms. The molecule has 0 aliphatic carbocycles. The lowest BCUT2D eigenvalue weighted by Crippen LogP contribution is -2.19. The molecule has 0 spiro atoms. The van der Waals surface area contributed by atoms with Crippen LogP contribution in [-0.4, -0.2) is 16.8 Å². The highest BCUT2D eigenvalue weighted by molar-refractivity contribution is 9.11. The predicted molar refractivity (Wildman–Crippen MR) is 77.2 cm³/mol. The lowest BCUT2D eigenvalue weighted by Gasteiger charge is -2.04. The van der Waals surface area contributed by atoms with Gasteiger partial charge in [0.15, 0.2) is 5.17 Å². The summed E-state index contributed by atoms with van der Waals surface area (Å²) in [6.07, 6.45) is 0. The van der Waals surface area contributed by atoms with Gasteiger partial charge in [0, 0.05) is 13.4 Å². The Morgan fingerprint density at radius 1 is 1.25 bits per heavy atom. The summed E-state index contributed by atoms with van der Waals surface area (Å²) in [5.74, 6) is 0.429. The van der Waals surface area contributed by atoms with Gasteiger partial charge in [0.2, 0.25) is 5.91 Å². The van der Waals surface area contributed by atoms with Crippen molar-refractivity contribution in [2.75, 3.05) is 5.75 Å². The van der Waals surface area contributed by atoms with Crippen molar-refractivity contribution < 1.29 is 4.79 Å². The smallest absolute Gasteiger partial charge is 0.236 e. The number of amides is 1. The third-order valence-corrected chi connectivity index (χ3v) is 4.32. The van der Waals surface area contributed by atoms with E-state index >= 15 is 0 Å². The van der Waals surface area contributed by atoms with Crippen LogP contribution >= 0.6 is 59.6 Å². The second kappa shape index (κ2) is 5.20. The van der Waals surface area contributed by atoms with Gasteiger partial charge in [-0.3, -0.25) is 4.79 Å². The first-order valence-electron chi connectivity index (χ1n) is 4.22. The molecule has 1 aromatic rings. The monoisotopic (exact) mass is 426 g/mol. The molecule has 16 heavy (non-hydrogen) atoms. The molecule has 84 valence electrons. The van der Waals surface area contributed by atoms with E-state index in [4.69, 9.17) is 0 Å². The predicted octanol–water partition coefficient (Wildman–Crippen LogP) is 3.82. The second-order valence-corrected chi connectivity index (χ2v) is 6.56. The molecule has 1 amide bonds. The Kier molecular flexibility index (Phi) is 4.10. The number of carbonyl (C=O) groups excluding carboxylic acids is 1. The van der Waals surface area contributed by atoms with E-state index in [0.29, 0.717) is 10.9 Å². The van der Waals surface area contributed by atoms with Crippen molar-refractivity contribution in [2.24, 2.45) is 4.99 Å². The van der Waals surface area contributed by atoms with E-state index in [2.05, 4.69) is 58.1 Å². The van der Waals surface area contributed by atoms with E-state index in [1.54, 1.807) is 0 Å². The lowest BCUT2D eigenvalue weighted by atomic mass is 10.3. The number of amidine groups is 1. The Morgan fingerprint density at radius 3 is 2.38 bits per heavy atom. The number of halogens is 3. The van der Waals surface area contributed by atoms with Crippen LogP contribution in [0.15, 0.2) is 30.5 Å². The van der Waals surface area contributed by atoms with Crippen molar-refractivity contribution >= 4 is 76.3 Å². The Hall–Kier alpha value is 0.150. The summed E-state index contributed by atoms with van der Waals surface area (Å²) in [5.41, 5.74) is 0.771. The SMILES string of the molecule is O=C1CSC(=Nc2c(Br)cc(Br)cc2Br)N1. The molecule has 1 saturated heterocycles. The molecule has 0 unspecified atom stereocenters. The van der Waals surface area contributed by atoms with Gasteiger partial charge in [0.1, 0.15) is 0 Å². The number of carbonyl (C=O) groups is 1. The minimum absolute atomic E-state index is 0.00638. The van der Waals surface area contributed by atoms with Gasteiger partial charge < -0.3 is 5.32 Å². The molecule has 0 atom stereocenters. The maximum absolute atomic E-state index is 11.0. The number of hydrogen-bond donors (Lipinski definition) is 1. The largest absolute Gasteiger partial charge is 0.304 e. The molecule has 0 radical (unpaired) electrons. The topological polar surface area (TPSA) is 41.5 Å². The second-order valence-electron chi connectivity index (χ2n) is 2.97. The summed E-state index contributed by atoms with van der Waals surface area (Å²) >= 11 is 11.7. The van der Waals surface area contributed by atoms with Gasteiger partial charge in [-0.2, -0.15) is 0 Å². The fourth-order valence-corrected chi connectivity index (χ4v) is 4.25. The quantitative estimate of drug-likeness (QED) is 0.738. The fourth-order valence-electron chi connectivity index (χ4n) is 1.13. The minimum atomic E-state index is -0.00638. The zero-order valence-electron chi connectivity index (χ0n) is 7.76. The van der Waals surface area contributed by atoms with Crippen LogP contribution in [0.5, 0.6) is 0 Å².